The minimum Gasteiger partial charge on any atom is -0.493 e. The predicted molar refractivity (Wildman–Crippen MR) is 100 cm³/mol. The van der Waals surface area contributed by atoms with Crippen LogP contribution in [-0.2, 0) is 13.2 Å². The second-order valence-electron chi connectivity index (χ2n) is 5.79. The molecule has 27 heavy (non-hydrogen) atoms. The summed E-state index contributed by atoms with van der Waals surface area (Å²) < 4.78 is 18.0. The lowest BCUT2D eigenvalue weighted by Crippen LogP contribution is -2.24. The van der Waals surface area contributed by atoms with Gasteiger partial charge >= 0.3 is 0 Å². The summed E-state index contributed by atoms with van der Waals surface area (Å²) in [6.45, 7) is 0.634. The zero-order valence-electron chi connectivity index (χ0n) is 14.8. The first-order valence-corrected chi connectivity index (χ1v) is 8.73. The lowest BCUT2D eigenvalue weighted by molar-refractivity contribution is 0.0874. The van der Waals surface area contributed by atoms with Gasteiger partial charge in [-0.2, -0.15) is 0 Å². The Morgan fingerprint density at radius 2 is 1.81 bits per heavy atom. The first kappa shape index (κ1) is 19.0. The van der Waals surface area contributed by atoms with Crippen molar-refractivity contribution < 1.29 is 19.3 Å². The molecular weight excluding hydrogens is 370 g/mol. The Labute approximate surface area is 162 Å². The molecule has 0 aliphatic heterocycles. The molecule has 0 spiro atoms. The molecule has 3 aromatic rings. The fourth-order valence-electron chi connectivity index (χ4n) is 2.37. The van der Waals surface area contributed by atoms with E-state index in [-0.39, 0.29) is 19.8 Å². The molecule has 0 bridgehead atoms. The summed E-state index contributed by atoms with van der Waals surface area (Å²) in [5.74, 6) is 1.89. The molecule has 1 aromatic heterocycles. The van der Waals surface area contributed by atoms with Gasteiger partial charge in [0.1, 0.15) is 30.8 Å². The van der Waals surface area contributed by atoms with E-state index < -0.39 is 6.10 Å². The van der Waals surface area contributed by atoms with Gasteiger partial charge in [0, 0.05) is 5.02 Å². The fraction of sp³-hybridized carbons (Fsp3) is 0.263. The van der Waals surface area contributed by atoms with Crippen LogP contribution in [-0.4, -0.2) is 39.9 Å². The molecule has 1 N–H and O–H groups in total. The molecule has 1 unspecified atom stereocenters. The molecule has 8 heteroatoms. The molecule has 2 aromatic carbocycles. The zero-order valence-corrected chi connectivity index (χ0v) is 15.5. The van der Waals surface area contributed by atoms with Crippen LogP contribution in [0.15, 0.2) is 54.7 Å². The Bertz CT molecular complexity index is 854. The maximum Gasteiger partial charge on any atom is 0.161 e. The minimum atomic E-state index is -0.748. The monoisotopic (exact) mass is 389 g/mol. The molecule has 0 amide bonds. The molecule has 0 aliphatic rings. The average molecular weight is 390 g/mol. The van der Waals surface area contributed by atoms with E-state index in [0.29, 0.717) is 28.0 Å². The Balaban J connectivity index is 1.47. The number of hydrogen-bond acceptors (Lipinski definition) is 6. The SMILES string of the molecule is COc1ccccc1OCC(O)Cn1cc(COc2ccc(Cl)cc2)nn1. The Morgan fingerprint density at radius 3 is 2.56 bits per heavy atom. The Hall–Kier alpha value is -2.77. The number of methoxy groups -OCH3 is 1. The molecule has 3 rings (SSSR count). The van der Waals surface area contributed by atoms with E-state index in [1.807, 2.05) is 12.1 Å². The summed E-state index contributed by atoms with van der Waals surface area (Å²) in [5, 5.41) is 18.9. The van der Waals surface area contributed by atoms with E-state index in [1.54, 1.807) is 54.4 Å². The average Bonchev–Trinajstić information content (AvgIpc) is 3.13. The number of aliphatic hydroxyl groups is 1. The maximum absolute atomic E-state index is 10.2. The normalized spacial score (nSPS) is 11.8. The third kappa shape index (κ3) is 5.60. The van der Waals surface area contributed by atoms with Gasteiger partial charge in [-0.25, -0.2) is 4.68 Å². The summed E-state index contributed by atoms with van der Waals surface area (Å²) in [4.78, 5) is 0. The summed E-state index contributed by atoms with van der Waals surface area (Å²) in [6.07, 6.45) is 0.976. The molecule has 0 saturated carbocycles. The van der Waals surface area contributed by atoms with Crippen LogP contribution < -0.4 is 14.2 Å². The van der Waals surface area contributed by atoms with Gasteiger partial charge in [-0.3, -0.25) is 0 Å². The van der Waals surface area contributed by atoms with Gasteiger partial charge in [0.2, 0.25) is 0 Å². The highest BCUT2D eigenvalue weighted by molar-refractivity contribution is 6.30. The van der Waals surface area contributed by atoms with Crippen molar-refractivity contribution in [3.8, 4) is 17.2 Å². The lowest BCUT2D eigenvalue weighted by Gasteiger charge is -2.14. The summed E-state index contributed by atoms with van der Waals surface area (Å²) in [6, 6.07) is 14.4. The molecule has 0 aliphatic carbocycles. The van der Waals surface area contributed by atoms with E-state index in [4.69, 9.17) is 25.8 Å². The predicted octanol–water partition coefficient (Wildman–Crippen LogP) is 2.96. The molecule has 0 fully saturated rings. The van der Waals surface area contributed by atoms with Gasteiger partial charge in [0.05, 0.1) is 19.9 Å². The highest BCUT2D eigenvalue weighted by atomic mass is 35.5. The Kier molecular flexibility index (Phi) is 6.51. The second kappa shape index (κ2) is 9.25. The third-order valence-electron chi connectivity index (χ3n) is 3.68. The molecule has 1 heterocycles. The van der Waals surface area contributed by atoms with Crippen molar-refractivity contribution in [1.29, 1.82) is 0 Å². The third-order valence-corrected chi connectivity index (χ3v) is 3.94. The molecule has 0 radical (unpaired) electrons. The van der Waals surface area contributed by atoms with Crippen LogP contribution in [0.4, 0.5) is 0 Å². The van der Waals surface area contributed by atoms with E-state index in [9.17, 15) is 5.11 Å². The van der Waals surface area contributed by atoms with E-state index in [1.165, 1.54) is 0 Å². The largest absolute Gasteiger partial charge is 0.493 e. The maximum atomic E-state index is 10.2. The van der Waals surface area contributed by atoms with E-state index in [2.05, 4.69) is 10.3 Å². The topological polar surface area (TPSA) is 78.6 Å². The standard InChI is InChI=1S/C19H20ClN3O4/c1-25-18-4-2-3-5-19(18)27-13-16(24)11-23-10-15(21-22-23)12-26-17-8-6-14(20)7-9-17/h2-10,16,24H,11-13H2,1H3. The van der Waals surface area contributed by atoms with Gasteiger partial charge in [-0.05, 0) is 36.4 Å². The molecule has 1 atom stereocenters. The molecule has 142 valence electrons. The number of halogens is 1. The van der Waals surface area contributed by atoms with Gasteiger partial charge in [-0.1, -0.05) is 28.9 Å². The number of hydrogen-bond donors (Lipinski definition) is 1. The first-order valence-electron chi connectivity index (χ1n) is 8.35. The number of ether oxygens (including phenoxy) is 3. The highest BCUT2D eigenvalue weighted by Crippen LogP contribution is 2.25. The van der Waals surface area contributed by atoms with Gasteiger partial charge < -0.3 is 19.3 Å². The van der Waals surface area contributed by atoms with E-state index >= 15 is 0 Å². The summed E-state index contributed by atoms with van der Waals surface area (Å²) in [5.41, 5.74) is 0.655. The molecule has 7 nitrogen and oxygen atoms in total. The fourth-order valence-corrected chi connectivity index (χ4v) is 2.50. The van der Waals surface area contributed by atoms with Crippen LogP contribution in [0.2, 0.25) is 5.02 Å². The first-order chi connectivity index (χ1) is 13.1. The quantitative estimate of drug-likeness (QED) is 0.606. The van der Waals surface area contributed by atoms with Crippen molar-refractivity contribution in [2.75, 3.05) is 13.7 Å². The van der Waals surface area contributed by atoms with Gasteiger partial charge in [0.15, 0.2) is 11.5 Å². The summed E-state index contributed by atoms with van der Waals surface area (Å²) >= 11 is 5.84. The van der Waals surface area contributed by atoms with Crippen molar-refractivity contribution in [3.05, 3.63) is 65.4 Å². The van der Waals surface area contributed by atoms with Crippen LogP contribution in [0, 0.1) is 0 Å². The second-order valence-corrected chi connectivity index (χ2v) is 6.23. The van der Waals surface area contributed by atoms with Crippen molar-refractivity contribution in [2.24, 2.45) is 0 Å². The number of aromatic nitrogens is 3. The Morgan fingerprint density at radius 1 is 1.07 bits per heavy atom. The van der Waals surface area contributed by atoms with Crippen molar-refractivity contribution >= 4 is 11.6 Å². The summed E-state index contributed by atoms with van der Waals surface area (Å²) in [7, 11) is 1.57. The lowest BCUT2D eigenvalue weighted by atomic mass is 10.3. The van der Waals surface area contributed by atoms with Crippen molar-refractivity contribution in [1.82, 2.24) is 15.0 Å². The minimum absolute atomic E-state index is 0.108. The number of nitrogens with zero attached hydrogens (tertiary/aromatic N) is 3. The highest BCUT2D eigenvalue weighted by Gasteiger charge is 2.11. The van der Waals surface area contributed by atoms with E-state index in [0.717, 1.165) is 0 Å². The number of rotatable bonds is 9. The van der Waals surface area contributed by atoms with Crippen LogP contribution in [0.1, 0.15) is 5.69 Å². The number of benzene rings is 2. The molecule has 0 saturated heterocycles. The van der Waals surface area contributed by atoms with Crippen LogP contribution in [0.25, 0.3) is 0 Å². The number of para-hydroxylation sites is 2. The molecular formula is C19H20ClN3O4. The zero-order chi connectivity index (χ0) is 19.1. The van der Waals surface area contributed by atoms with Crippen LogP contribution in [0.3, 0.4) is 0 Å². The van der Waals surface area contributed by atoms with Gasteiger partial charge in [-0.15, -0.1) is 5.10 Å². The van der Waals surface area contributed by atoms with Crippen LogP contribution >= 0.6 is 11.6 Å². The smallest absolute Gasteiger partial charge is 0.161 e. The van der Waals surface area contributed by atoms with Gasteiger partial charge in [0.25, 0.3) is 0 Å². The van der Waals surface area contributed by atoms with Crippen molar-refractivity contribution in [2.45, 2.75) is 19.3 Å². The van der Waals surface area contributed by atoms with Crippen molar-refractivity contribution in [3.63, 3.8) is 0 Å². The number of aliphatic hydroxyl groups excluding tert-OH is 1. The van der Waals surface area contributed by atoms with Crippen LogP contribution in [0.5, 0.6) is 17.2 Å².